The van der Waals surface area contributed by atoms with Crippen LogP contribution in [0.25, 0.3) is 0 Å². The fraction of sp³-hybridized carbons (Fsp3) is 0.211. The maximum Gasteiger partial charge on any atom is 0.573 e. The molecule has 32 heavy (non-hydrogen) atoms. The van der Waals surface area contributed by atoms with Gasteiger partial charge in [0, 0.05) is 25.4 Å². The Morgan fingerprint density at radius 2 is 1.69 bits per heavy atom. The molecule has 0 aliphatic carbocycles. The number of ether oxygens (including phenoxy) is 1. The Kier molecular flexibility index (Phi) is 7.10. The van der Waals surface area contributed by atoms with Gasteiger partial charge < -0.3 is 15.4 Å². The molecule has 0 aliphatic heterocycles. The summed E-state index contributed by atoms with van der Waals surface area (Å²) < 4.78 is 68.5. The SMILES string of the molecule is Cc1nc(NCCNS(=O)(=O)c2ccccc2OC(F)(F)F)cc(Nc2ccccn2)n1. The quantitative estimate of drug-likeness (QED) is 0.410. The predicted octanol–water partition coefficient (Wildman–Crippen LogP) is 3.21. The molecule has 0 atom stereocenters. The number of anilines is 3. The number of rotatable bonds is 9. The minimum absolute atomic E-state index is 0.112. The van der Waals surface area contributed by atoms with Gasteiger partial charge in [-0.1, -0.05) is 18.2 Å². The summed E-state index contributed by atoms with van der Waals surface area (Å²) in [6.45, 7) is 1.69. The van der Waals surface area contributed by atoms with Crippen LogP contribution in [-0.4, -0.2) is 42.8 Å². The first-order chi connectivity index (χ1) is 15.1. The van der Waals surface area contributed by atoms with Crippen LogP contribution in [0.5, 0.6) is 5.75 Å². The lowest BCUT2D eigenvalue weighted by atomic mass is 10.3. The summed E-state index contributed by atoms with van der Waals surface area (Å²) in [5.74, 6) is 1.15. The lowest BCUT2D eigenvalue weighted by Crippen LogP contribution is -2.30. The number of aromatic nitrogens is 3. The summed E-state index contributed by atoms with van der Waals surface area (Å²) in [5.41, 5.74) is 0. The van der Waals surface area contributed by atoms with Crippen LogP contribution in [0, 0.1) is 6.92 Å². The van der Waals surface area contributed by atoms with Crippen LogP contribution in [-0.2, 0) is 10.0 Å². The van der Waals surface area contributed by atoms with Gasteiger partial charge in [-0.05, 0) is 31.2 Å². The Balaban J connectivity index is 1.61. The molecule has 13 heteroatoms. The van der Waals surface area contributed by atoms with Crippen molar-refractivity contribution in [2.24, 2.45) is 0 Å². The number of hydrogen-bond acceptors (Lipinski definition) is 8. The fourth-order valence-electron chi connectivity index (χ4n) is 2.63. The van der Waals surface area contributed by atoms with Gasteiger partial charge in [-0.2, -0.15) is 0 Å². The average molecular weight is 468 g/mol. The van der Waals surface area contributed by atoms with E-state index in [4.69, 9.17) is 0 Å². The van der Waals surface area contributed by atoms with Gasteiger partial charge in [0.25, 0.3) is 0 Å². The Labute approximate surface area is 182 Å². The van der Waals surface area contributed by atoms with Gasteiger partial charge in [-0.25, -0.2) is 28.1 Å². The largest absolute Gasteiger partial charge is 0.573 e. The predicted molar refractivity (Wildman–Crippen MR) is 111 cm³/mol. The molecular weight excluding hydrogens is 449 g/mol. The molecule has 9 nitrogen and oxygen atoms in total. The molecule has 0 fully saturated rings. The van der Waals surface area contributed by atoms with E-state index in [1.807, 2.05) is 6.07 Å². The summed E-state index contributed by atoms with van der Waals surface area (Å²) in [4.78, 5) is 12.0. The minimum Gasteiger partial charge on any atom is -0.404 e. The van der Waals surface area contributed by atoms with Crippen molar-refractivity contribution in [3.05, 3.63) is 60.6 Å². The van der Waals surface area contributed by atoms with E-state index in [-0.39, 0.29) is 13.1 Å². The monoisotopic (exact) mass is 468 g/mol. The molecule has 0 spiro atoms. The highest BCUT2D eigenvalue weighted by Gasteiger charge is 2.33. The van der Waals surface area contributed by atoms with E-state index in [9.17, 15) is 21.6 Å². The molecule has 3 N–H and O–H groups in total. The Hall–Kier alpha value is -3.45. The zero-order chi connectivity index (χ0) is 23.2. The number of benzene rings is 1. The van der Waals surface area contributed by atoms with Crippen LogP contribution in [0.2, 0.25) is 0 Å². The molecule has 0 saturated carbocycles. The van der Waals surface area contributed by atoms with E-state index in [2.05, 4.69) is 35.0 Å². The Morgan fingerprint density at radius 3 is 2.41 bits per heavy atom. The number of sulfonamides is 1. The van der Waals surface area contributed by atoms with Crippen molar-refractivity contribution in [3.63, 3.8) is 0 Å². The number of para-hydroxylation sites is 1. The van der Waals surface area contributed by atoms with Gasteiger partial charge in [0.2, 0.25) is 10.0 Å². The maximum absolute atomic E-state index is 12.5. The molecule has 3 rings (SSSR count). The van der Waals surface area contributed by atoms with Crippen LogP contribution >= 0.6 is 0 Å². The molecule has 0 amide bonds. The molecule has 0 radical (unpaired) electrons. The number of nitrogens with one attached hydrogen (secondary N) is 3. The zero-order valence-electron chi connectivity index (χ0n) is 16.7. The van der Waals surface area contributed by atoms with Crippen LogP contribution in [0.4, 0.5) is 30.6 Å². The summed E-state index contributed by atoms with van der Waals surface area (Å²) in [6.07, 6.45) is -3.39. The van der Waals surface area contributed by atoms with Crippen molar-refractivity contribution < 1.29 is 26.3 Å². The minimum atomic E-state index is -5.01. The molecule has 2 heterocycles. The third kappa shape index (κ3) is 6.78. The fourth-order valence-corrected chi connectivity index (χ4v) is 3.78. The van der Waals surface area contributed by atoms with E-state index < -0.39 is 27.0 Å². The van der Waals surface area contributed by atoms with Crippen molar-refractivity contribution in [2.45, 2.75) is 18.2 Å². The summed E-state index contributed by atoms with van der Waals surface area (Å²) >= 11 is 0. The Bertz CT molecular complexity index is 1160. The second-order valence-electron chi connectivity index (χ2n) is 6.34. The number of aryl methyl sites for hydroxylation is 1. The smallest absolute Gasteiger partial charge is 0.404 e. The summed E-state index contributed by atoms with van der Waals surface area (Å²) in [5, 5.41) is 5.97. The van der Waals surface area contributed by atoms with E-state index >= 15 is 0 Å². The van der Waals surface area contributed by atoms with Gasteiger partial charge in [0.1, 0.15) is 33.9 Å². The van der Waals surface area contributed by atoms with Crippen molar-refractivity contribution in [1.29, 1.82) is 0 Å². The molecule has 0 aliphatic rings. The molecule has 2 aromatic heterocycles. The van der Waals surface area contributed by atoms with Gasteiger partial charge in [-0.15, -0.1) is 13.2 Å². The molecule has 1 aromatic carbocycles. The van der Waals surface area contributed by atoms with Crippen molar-refractivity contribution in [3.8, 4) is 5.75 Å². The zero-order valence-corrected chi connectivity index (χ0v) is 17.5. The van der Waals surface area contributed by atoms with Crippen molar-refractivity contribution in [2.75, 3.05) is 23.7 Å². The second kappa shape index (κ2) is 9.78. The van der Waals surface area contributed by atoms with E-state index in [0.717, 1.165) is 12.1 Å². The van der Waals surface area contributed by atoms with Gasteiger partial charge >= 0.3 is 6.36 Å². The number of nitrogens with zero attached hydrogens (tertiary/aromatic N) is 3. The van der Waals surface area contributed by atoms with E-state index in [1.165, 1.54) is 12.1 Å². The second-order valence-corrected chi connectivity index (χ2v) is 8.08. The van der Waals surface area contributed by atoms with Gasteiger partial charge in [-0.3, -0.25) is 0 Å². The van der Waals surface area contributed by atoms with Crippen LogP contribution in [0.1, 0.15) is 5.82 Å². The lowest BCUT2D eigenvalue weighted by molar-refractivity contribution is -0.275. The van der Waals surface area contributed by atoms with Crippen molar-refractivity contribution in [1.82, 2.24) is 19.7 Å². The first-order valence-corrected chi connectivity index (χ1v) is 10.7. The van der Waals surface area contributed by atoms with Gasteiger partial charge in [0.15, 0.2) is 0 Å². The summed E-state index contributed by atoms with van der Waals surface area (Å²) in [6, 6.07) is 11.5. The van der Waals surface area contributed by atoms with Crippen LogP contribution in [0.15, 0.2) is 59.6 Å². The first kappa shape index (κ1) is 23.2. The standard InChI is InChI=1S/C19H19F3N6O3S/c1-13-26-17(12-18(27-13)28-16-8-4-5-9-23-16)24-10-11-25-32(29,30)15-7-3-2-6-14(15)31-19(20,21)22/h2-9,12,25H,10-11H2,1H3,(H2,23,24,26,27,28). The topological polar surface area (TPSA) is 118 Å². The number of hydrogen-bond donors (Lipinski definition) is 3. The highest BCUT2D eigenvalue weighted by Crippen LogP contribution is 2.29. The third-order valence-electron chi connectivity index (χ3n) is 3.85. The molecule has 0 bridgehead atoms. The summed E-state index contributed by atoms with van der Waals surface area (Å²) in [7, 11) is -4.24. The Morgan fingerprint density at radius 1 is 0.969 bits per heavy atom. The first-order valence-electron chi connectivity index (χ1n) is 9.24. The average Bonchev–Trinajstić information content (AvgIpc) is 2.71. The molecule has 3 aromatic rings. The maximum atomic E-state index is 12.5. The highest BCUT2D eigenvalue weighted by atomic mass is 32.2. The van der Waals surface area contributed by atoms with Crippen molar-refractivity contribution >= 4 is 27.5 Å². The van der Waals surface area contributed by atoms with Crippen LogP contribution < -0.4 is 20.1 Å². The number of pyridine rings is 1. The molecule has 170 valence electrons. The number of halogens is 3. The van der Waals surface area contributed by atoms with E-state index in [0.29, 0.717) is 23.3 Å². The van der Waals surface area contributed by atoms with Crippen LogP contribution in [0.3, 0.4) is 0 Å². The molecule has 0 saturated heterocycles. The highest BCUT2D eigenvalue weighted by molar-refractivity contribution is 7.89. The molecule has 0 unspecified atom stereocenters. The van der Waals surface area contributed by atoms with Gasteiger partial charge in [0.05, 0.1) is 0 Å². The normalized spacial score (nSPS) is 11.8. The molecular formula is C19H19F3N6O3S. The lowest BCUT2D eigenvalue weighted by Gasteiger charge is -2.14. The third-order valence-corrected chi connectivity index (χ3v) is 5.35. The number of alkyl halides is 3. The van der Waals surface area contributed by atoms with E-state index in [1.54, 1.807) is 31.3 Å².